The van der Waals surface area contributed by atoms with Crippen molar-refractivity contribution in [3.05, 3.63) is 46.3 Å². The van der Waals surface area contributed by atoms with E-state index in [0.717, 1.165) is 6.07 Å². The van der Waals surface area contributed by atoms with Crippen LogP contribution in [-0.2, 0) is 4.74 Å². The zero-order valence-electron chi connectivity index (χ0n) is 16.8. The Bertz CT molecular complexity index is 1100. The maximum atomic E-state index is 14.6. The highest BCUT2D eigenvalue weighted by Crippen LogP contribution is 2.55. The molecule has 10 heteroatoms. The van der Waals surface area contributed by atoms with E-state index in [2.05, 4.69) is 26.7 Å². The molecular weight excluding hydrogens is 411 g/mol. The lowest BCUT2D eigenvalue weighted by Crippen LogP contribution is -2.32. The van der Waals surface area contributed by atoms with Crippen LogP contribution in [0, 0.1) is 22.6 Å². The highest BCUT2D eigenvalue weighted by atomic mass is 19.3. The summed E-state index contributed by atoms with van der Waals surface area (Å²) in [5, 5.41) is 25.6. The third-order valence-electron chi connectivity index (χ3n) is 5.65. The average molecular weight is 431 g/mol. The van der Waals surface area contributed by atoms with Crippen LogP contribution in [0.1, 0.15) is 48.9 Å². The SMILES string of the molecule is COC1Nc2nc(O)nc(N[C@H](C)c3cccc(C(F)F)c3F)c2C=C1C1(C#N)CC1. The van der Waals surface area contributed by atoms with Crippen molar-refractivity contribution in [2.24, 2.45) is 5.41 Å². The number of aromatic nitrogens is 2. The van der Waals surface area contributed by atoms with E-state index in [1.54, 1.807) is 13.0 Å². The zero-order valence-corrected chi connectivity index (χ0v) is 16.8. The van der Waals surface area contributed by atoms with Gasteiger partial charge in [-0.2, -0.15) is 15.2 Å². The first-order valence-electron chi connectivity index (χ1n) is 9.66. The van der Waals surface area contributed by atoms with Gasteiger partial charge >= 0.3 is 6.01 Å². The fraction of sp³-hybridized carbons (Fsp3) is 0.381. The van der Waals surface area contributed by atoms with E-state index in [4.69, 9.17) is 4.74 Å². The predicted octanol–water partition coefficient (Wildman–Crippen LogP) is 4.52. The first-order chi connectivity index (χ1) is 14.8. The smallest absolute Gasteiger partial charge is 0.317 e. The molecule has 2 aliphatic rings. The number of methoxy groups -OCH3 is 1. The van der Waals surface area contributed by atoms with Gasteiger partial charge in [0.15, 0.2) is 6.23 Å². The van der Waals surface area contributed by atoms with Crippen LogP contribution in [0.2, 0.25) is 0 Å². The summed E-state index contributed by atoms with van der Waals surface area (Å²) < 4.78 is 46.2. The first-order valence-corrected chi connectivity index (χ1v) is 9.66. The topological polar surface area (TPSA) is 103 Å². The van der Waals surface area contributed by atoms with E-state index in [0.29, 0.717) is 24.0 Å². The number of benzene rings is 1. The number of anilines is 2. The molecule has 0 saturated heterocycles. The largest absolute Gasteiger partial charge is 0.479 e. The molecule has 0 radical (unpaired) electrons. The molecule has 31 heavy (non-hydrogen) atoms. The van der Waals surface area contributed by atoms with Crippen LogP contribution in [-0.4, -0.2) is 28.4 Å². The third kappa shape index (κ3) is 3.65. The van der Waals surface area contributed by atoms with Crippen LogP contribution >= 0.6 is 0 Å². The normalized spacial score (nSPS) is 19.6. The summed E-state index contributed by atoms with van der Waals surface area (Å²) in [6, 6.07) is 4.84. The van der Waals surface area contributed by atoms with Gasteiger partial charge in [-0.25, -0.2) is 13.2 Å². The van der Waals surface area contributed by atoms with Gasteiger partial charge in [-0.05, 0) is 31.4 Å². The van der Waals surface area contributed by atoms with Crippen LogP contribution in [0.5, 0.6) is 6.01 Å². The monoisotopic (exact) mass is 431 g/mol. The van der Waals surface area contributed by atoms with Crippen molar-refractivity contribution < 1.29 is 23.0 Å². The number of hydrogen-bond donors (Lipinski definition) is 3. The fourth-order valence-electron chi connectivity index (χ4n) is 3.77. The lowest BCUT2D eigenvalue weighted by atomic mass is 9.91. The van der Waals surface area contributed by atoms with Crippen molar-refractivity contribution in [1.29, 1.82) is 5.26 Å². The highest BCUT2D eigenvalue weighted by molar-refractivity contribution is 5.80. The van der Waals surface area contributed by atoms with Gasteiger partial charge in [0, 0.05) is 12.7 Å². The molecule has 1 aromatic carbocycles. The molecule has 1 aromatic heterocycles. The van der Waals surface area contributed by atoms with Crippen molar-refractivity contribution in [2.75, 3.05) is 17.7 Å². The lowest BCUT2D eigenvalue weighted by molar-refractivity contribution is 0.145. The summed E-state index contributed by atoms with van der Waals surface area (Å²) in [6.45, 7) is 1.59. The van der Waals surface area contributed by atoms with E-state index in [1.807, 2.05) is 0 Å². The molecule has 162 valence electrons. The van der Waals surface area contributed by atoms with Crippen molar-refractivity contribution >= 4 is 17.7 Å². The number of alkyl halides is 2. The molecule has 1 unspecified atom stereocenters. The molecule has 1 fully saturated rings. The minimum Gasteiger partial charge on any atom is -0.479 e. The second-order valence-corrected chi connectivity index (χ2v) is 7.61. The molecule has 2 aromatic rings. The first kappa shape index (κ1) is 20.9. The molecule has 0 amide bonds. The van der Waals surface area contributed by atoms with E-state index >= 15 is 0 Å². The summed E-state index contributed by atoms with van der Waals surface area (Å²) in [5.41, 5.74) is -0.136. The number of halogens is 3. The van der Waals surface area contributed by atoms with Crippen molar-refractivity contribution in [1.82, 2.24) is 9.97 Å². The molecule has 2 heterocycles. The number of fused-ring (bicyclic) bond motifs is 1. The number of aromatic hydroxyl groups is 1. The van der Waals surface area contributed by atoms with Gasteiger partial charge in [-0.3, -0.25) is 0 Å². The van der Waals surface area contributed by atoms with Crippen LogP contribution in [0.25, 0.3) is 6.08 Å². The number of nitrogens with zero attached hydrogens (tertiary/aromatic N) is 3. The molecular formula is C21H20F3N5O2. The Balaban J connectivity index is 1.74. The molecule has 4 rings (SSSR count). The van der Waals surface area contributed by atoms with Crippen LogP contribution < -0.4 is 10.6 Å². The quantitative estimate of drug-likeness (QED) is 0.618. The molecule has 1 aliphatic carbocycles. The Kier molecular flexibility index (Phi) is 5.23. The van der Waals surface area contributed by atoms with Gasteiger partial charge in [0.05, 0.1) is 28.7 Å². The van der Waals surface area contributed by atoms with Gasteiger partial charge in [0.2, 0.25) is 0 Å². The Labute approximate surface area is 176 Å². The second-order valence-electron chi connectivity index (χ2n) is 7.61. The predicted molar refractivity (Wildman–Crippen MR) is 107 cm³/mol. The Hall–Kier alpha value is -3.32. The minimum atomic E-state index is -2.94. The third-order valence-corrected chi connectivity index (χ3v) is 5.65. The van der Waals surface area contributed by atoms with Crippen molar-refractivity contribution in [2.45, 2.75) is 38.5 Å². The summed E-state index contributed by atoms with van der Waals surface area (Å²) in [7, 11) is 1.49. The fourth-order valence-corrected chi connectivity index (χ4v) is 3.77. The zero-order chi connectivity index (χ0) is 22.3. The number of hydrogen-bond acceptors (Lipinski definition) is 7. The van der Waals surface area contributed by atoms with Gasteiger partial charge in [0.1, 0.15) is 17.5 Å². The molecule has 2 atom stereocenters. The number of nitrogens with one attached hydrogen (secondary N) is 2. The lowest BCUT2D eigenvalue weighted by Gasteiger charge is -2.30. The molecule has 7 nitrogen and oxygen atoms in total. The number of nitriles is 1. The summed E-state index contributed by atoms with van der Waals surface area (Å²) in [4.78, 5) is 7.99. The summed E-state index contributed by atoms with van der Waals surface area (Å²) in [5.74, 6) is -0.557. The Morgan fingerprint density at radius 3 is 2.65 bits per heavy atom. The van der Waals surface area contributed by atoms with E-state index in [9.17, 15) is 23.5 Å². The molecule has 0 spiro atoms. The minimum absolute atomic E-state index is 0.0306. The molecule has 1 aliphatic heterocycles. The van der Waals surface area contributed by atoms with Crippen LogP contribution in [0.3, 0.4) is 0 Å². The number of ether oxygens (including phenoxy) is 1. The second kappa shape index (κ2) is 7.74. The standard InChI is InChI=1S/C21H20F3N5O2/c1-10(11-4-3-5-12(15(11)22)16(23)24)26-17-13-8-14(21(9-25)6-7-21)19(31-2)27-18(13)29-20(30)28-17/h3-5,8,10,16,19H,6-7H2,1-2H3,(H3,26,27,28,29,30)/t10-,19?/m1/s1. The van der Waals surface area contributed by atoms with Gasteiger partial charge in [-0.15, -0.1) is 0 Å². The van der Waals surface area contributed by atoms with Gasteiger partial charge in [-0.1, -0.05) is 18.2 Å². The Morgan fingerprint density at radius 2 is 2.03 bits per heavy atom. The summed E-state index contributed by atoms with van der Waals surface area (Å²) in [6.07, 6.45) is -0.429. The molecule has 0 bridgehead atoms. The number of rotatable bonds is 6. The molecule has 1 saturated carbocycles. The van der Waals surface area contributed by atoms with Gasteiger partial charge < -0.3 is 20.5 Å². The Morgan fingerprint density at radius 1 is 1.32 bits per heavy atom. The van der Waals surface area contributed by atoms with Crippen molar-refractivity contribution in [3.63, 3.8) is 0 Å². The van der Waals surface area contributed by atoms with Crippen LogP contribution in [0.4, 0.5) is 24.8 Å². The molecule has 3 N–H and O–H groups in total. The summed E-state index contributed by atoms with van der Waals surface area (Å²) >= 11 is 0. The highest BCUT2D eigenvalue weighted by Gasteiger charge is 2.50. The van der Waals surface area contributed by atoms with E-state index < -0.39 is 41.5 Å². The van der Waals surface area contributed by atoms with Crippen LogP contribution in [0.15, 0.2) is 23.8 Å². The van der Waals surface area contributed by atoms with Crippen molar-refractivity contribution in [3.8, 4) is 12.1 Å². The maximum Gasteiger partial charge on any atom is 0.317 e. The van der Waals surface area contributed by atoms with E-state index in [1.165, 1.54) is 19.2 Å². The van der Waals surface area contributed by atoms with E-state index in [-0.39, 0.29) is 17.2 Å². The maximum absolute atomic E-state index is 14.6. The van der Waals surface area contributed by atoms with Gasteiger partial charge in [0.25, 0.3) is 6.43 Å². The average Bonchev–Trinajstić information content (AvgIpc) is 3.53.